The first kappa shape index (κ1) is 28.0. The molecule has 3 N–H and O–H groups in total. The third-order valence-electron chi connectivity index (χ3n) is 6.92. The average Bonchev–Trinajstić information content (AvgIpc) is 3.58. The summed E-state index contributed by atoms with van der Waals surface area (Å²) < 4.78 is 49.4. The molecule has 1 aliphatic carbocycles. The fourth-order valence-electron chi connectivity index (χ4n) is 5.22. The van der Waals surface area contributed by atoms with E-state index in [1.807, 2.05) is 0 Å². The Balaban J connectivity index is 1.23. The highest BCUT2D eigenvalue weighted by Crippen LogP contribution is 2.54. The molecule has 3 fully saturated rings. The van der Waals surface area contributed by atoms with Crippen molar-refractivity contribution in [3.8, 4) is 5.88 Å². The Hall–Kier alpha value is -2.10. The molecule has 0 amide bonds. The van der Waals surface area contributed by atoms with Crippen LogP contribution >= 0.6 is 14.5 Å². The molecule has 0 aromatic carbocycles. The molecule has 2 bridgehead atoms. The van der Waals surface area contributed by atoms with Crippen LogP contribution in [0.5, 0.6) is 5.88 Å². The highest BCUT2D eigenvalue weighted by molar-refractivity contribution is 8.07. The lowest BCUT2D eigenvalue weighted by Crippen LogP contribution is -2.26. The second kappa shape index (κ2) is 11.0. The van der Waals surface area contributed by atoms with Crippen LogP contribution in [0.4, 0.5) is 5.82 Å². The molecule has 6 rings (SSSR count). The molecule has 5 heterocycles. The molecule has 2 aromatic rings. The number of rotatable bonds is 3. The fourth-order valence-corrected chi connectivity index (χ4v) is 7.72. The summed E-state index contributed by atoms with van der Waals surface area (Å²) in [5.41, 5.74) is 1.07. The van der Waals surface area contributed by atoms with Gasteiger partial charge in [0.1, 0.15) is 30.1 Å². The lowest BCUT2D eigenvalue weighted by Gasteiger charge is -2.27. The molecule has 18 heteroatoms. The summed E-state index contributed by atoms with van der Waals surface area (Å²) in [5, 5.41) is 3.02. The molecular formula is C22H28N6O9P2S. The molecule has 2 aromatic heterocycles. The van der Waals surface area contributed by atoms with E-state index >= 15 is 0 Å². The lowest BCUT2D eigenvalue weighted by atomic mass is 10.1. The summed E-state index contributed by atoms with van der Waals surface area (Å²) in [6.07, 6.45) is 1.74. The highest BCUT2D eigenvalue weighted by atomic mass is 32.5. The number of ether oxygens (including phenoxy) is 2. The van der Waals surface area contributed by atoms with Crippen LogP contribution in [0.25, 0.3) is 5.70 Å². The summed E-state index contributed by atoms with van der Waals surface area (Å²) >= 11 is 5.30. The van der Waals surface area contributed by atoms with E-state index in [0.717, 1.165) is 0 Å². The molecule has 8 atom stereocenters. The predicted octanol–water partition coefficient (Wildman–Crippen LogP) is 2.58. The van der Waals surface area contributed by atoms with Crippen molar-refractivity contribution in [3.63, 3.8) is 0 Å². The van der Waals surface area contributed by atoms with Crippen molar-refractivity contribution in [2.24, 2.45) is 10.9 Å². The van der Waals surface area contributed by atoms with Crippen molar-refractivity contribution >= 4 is 43.7 Å². The zero-order valence-electron chi connectivity index (χ0n) is 21.3. The number of aliphatic imine (C=N–C) groups is 1. The van der Waals surface area contributed by atoms with Crippen LogP contribution in [0.15, 0.2) is 36.5 Å². The van der Waals surface area contributed by atoms with Crippen LogP contribution in [0, 0.1) is 5.92 Å². The molecule has 2 saturated heterocycles. The van der Waals surface area contributed by atoms with E-state index in [1.54, 1.807) is 23.8 Å². The summed E-state index contributed by atoms with van der Waals surface area (Å²) in [4.78, 5) is 38.4. The van der Waals surface area contributed by atoms with Crippen molar-refractivity contribution in [1.82, 2.24) is 24.8 Å². The number of imidazole rings is 1. The minimum Gasteiger partial charge on any atom is -0.474 e. The fraction of sp³-hybridized carbons (Fsp3) is 0.545. The zero-order chi connectivity index (χ0) is 28.1. The van der Waals surface area contributed by atoms with Crippen molar-refractivity contribution in [2.75, 3.05) is 13.2 Å². The van der Waals surface area contributed by atoms with Crippen LogP contribution in [0.3, 0.4) is 0 Å². The van der Waals surface area contributed by atoms with Gasteiger partial charge in [0.25, 0.3) is 0 Å². The van der Waals surface area contributed by atoms with Gasteiger partial charge in [0.05, 0.1) is 37.4 Å². The number of amidine groups is 1. The maximum absolute atomic E-state index is 13.1. The minimum absolute atomic E-state index is 0.133. The van der Waals surface area contributed by atoms with E-state index in [1.165, 1.54) is 12.7 Å². The highest BCUT2D eigenvalue weighted by Gasteiger charge is 2.46. The van der Waals surface area contributed by atoms with Gasteiger partial charge in [-0.25, -0.2) is 24.5 Å². The van der Waals surface area contributed by atoms with Crippen LogP contribution in [-0.2, 0) is 39.2 Å². The monoisotopic (exact) mass is 614 g/mol. The lowest BCUT2D eigenvalue weighted by molar-refractivity contribution is -0.0527. The Morgan fingerprint density at radius 3 is 2.83 bits per heavy atom. The number of phosphoric acid groups is 1. The van der Waals surface area contributed by atoms with Gasteiger partial charge in [0.15, 0.2) is 12.0 Å². The molecule has 15 nitrogen and oxygen atoms in total. The Labute approximate surface area is 234 Å². The first-order valence-corrected chi connectivity index (χ1v) is 16.6. The number of nitrogens with one attached hydrogen (secondary N) is 1. The molecule has 2 unspecified atom stereocenters. The average molecular weight is 615 g/mol. The van der Waals surface area contributed by atoms with E-state index in [2.05, 4.69) is 31.8 Å². The molecular weight excluding hydrogens is 586 g/mol. The first-order valence-electron chi connectivity index (χ1n) is 12.5. The zero-order valence-corrected chi connectivity index (χ0v) is 23.9. The van der Waals surface area contributed by atoms with Gasteiger partial charge in [0.2, 0.25) is 5.88 Å². The van der Waals surface area contributed by atoms with E-state index in [-0.39, 0.29) is 25.7 Å². The topological polar surface area (TPSA) is 181 Å². The second-order valence-corrected chi connectivity index (χ2v) is 14.0. The number of hydrogen-bond acceptors (Lipinski definition) is 13. The smallest absolute Gasteiger partial charge is 0.472 e. The molecule has 4 aliphatic rings. The Morgan fingerprint density at radius 1 is 1.18 bits per heavy atom. The van der Waals surface area contributed by atoms with Gasteiger partial charge in [-0.15, -0.1) is 0 Å². The second-order valence-electron chi connectivity index (χ2n) is 9.84. The van der Waals surface area contributed by atoms with Crippen LogP contribution < -0.4 is 10.1 Å². The van der Waals surface area contributed by atoms with Crippen molar-refractivity contribution in [2.45, 2.75) is 56.8 Å². The third-order valence-corrected chi connectivity index (χ3v) is 9.52. The molecule has 0 radical (unpaired) electrons. The Morgan fingerprint density at radius 2 is 2.02 bits per heavy atom. The summed E-state index contributed by atoms with van der Waals surface area (Å²) in [5.74, 6) is 0.968. The minimum atomic E-state index is -4.57. The van der Waals surface area contributed by atoms with E-state index in [4.69, 9.17) is 39.4 Å². The quantitative estimate of drug-likeness (QED) is 0.429. The van der Waals surface area contributed by atoms with E-state index in [9.17, 15) is 14.4 Å². The number of aromatic nitrogens is 4. The summed E-state index contributed by atoms with van der Waals surface area (Å²) in [7, 11) is -4.57. The normalized spacial score (nSPS) is 38.2. The van der Waals surface area contributed by atoms with Crippen LogP contribution in [-0.4, -0.2) is 72.8 Å². The van der Waals surface area contributed by atoms with Gasteiger partial charge >= 0.3 is 14.5 Å². The van der Waals surface area contributed by atoms with Gasteiger partial charge in [0, 0.05) is 31.0 Å². The van der Waals surface area contributed by atoms with Gasteiger partial charge < -0.3 is 33.6 Å². The Kier molecular flexibility index (Phi) is 7.68. The van der Waals surface area contributed by atoms with Gasteiger partial charge in [-0.05, 0) is 25.2 Å². The predicted molar refractivity (Wildman–Crippen MR) is 143 cm³/mol. The maximum atomic E-state index is 13.1. The SMILES string of the molecule is C=C1NC(C)=Nc2c1ncn2[C@@H]1O[C@@H]2COP(O)(=S)O[C@H]3C[C@H](Oc4ccncn4)C[C@@H]3COP(=O)(O)O[C@@H]1C2. The van der Waals surface area contributed by atoms with E-state index < -0.39 is 45.0 Å². The third kappa shape index (κ3) is 6.07. The first-order chi connectivity index (χ1) is 19.1. The van der Waals surface area contributed by atoms with Crippen LogP contribution in [0.2, 0.25) is 0 Å². The number of phosphoric ester groups is 1. The maximum Gasteiger partial charge on any atom is 0.472 e. The number of hydrogen-bond donors (Lipinski definition) is 3. The number of fused-ring (bicyclic) bond motifs is 4. The van der Waals surface area contributed by atoms with E-state index in [0.29, 0.717) is 41.8 Å². The van der Waals surface area contributed by atoms with Crippen molar-refractivity contribution < 1.29 is 41.9 Å². The van der Waals surface area contributed by atoms with Crippen molar-refractivity contribution in [3.05, 3.63) is 37.2 Å². The molecule has 216 valence electrons. The number of nitrogens with zero attached hydrogens (tertiary/aromatic N) is 5. The van der Waals surface area contributed by atoms with Gasteiger partial charge in [-0.2, -0.15) is 0 Å². The summed E-state index contributed by atoms with van der Waals surface area (Å²) in [6.45, 7) is 1.66. The Bertz CT molecular complexity index is 1410. The van der Waals surface area contributed by atoms with Crippen molar-refractivity contribution in [1.29, 1.82) is 0 Å². The summed E-state index contributed by atoms with van der Waals surface area (Å²) in [6, 6.07) is 1.61. The largest absolute Gasteiger partial charge is 0.474 e. The molecule has 40 heavy (non-hydrogen) atoms. The molecule has 3 aliphatic heterocycles. The standard InChI is InChI=1S/C22H28N6O9P2S/c1-12-20-21(27-13(2)26-12)28(11-25-20)22-18-7-16(35-22)9-33-39(31,40)37-17-6-15(34-19-3-4-23-10-24-19)5-14(17)8-32-38(29,30)36-18/h3-4,10-11,14-18,22H,1,5-9H2,2H3,(H,26,27)(H,29,30)(H,31,40)/t14-,15-,16+,17+,18-,22-,39?/m1/s1. The molecule has 0 spiro atoms. The van der Waals surface area contributed by atoms with Gasteiger partial charge in [-0.3, -0.25) is 13.6 Å². The van der Waals surface area contributed by atoms with Gasteiger partial charge in [-0.1, -0.05) is 6.58 Å². The van der Waals surface area contributed by atoms with Crippen LogP contribution in [0.1, 0.15) is 38.1 Å². The molecule has 1 saturated carbocycles.